The Morgan fingerprint density at radius 1 is 1.04 bits per heavy atom. The van der Waals surface area contributed by atoms with E-state index in [1.165, 1.54) is 6.08 Å². The Kier molecular flexibility index (Phi) is 14.7. The second-order valence-corrected chi connectivity index (χ2v) is 4.74. The van der Waals surface area contributed by atoms with Gasteiger partial charge in [-0.1, -0.05) is 46.3 Å². The van der Waals surface area contributed by atoms with E-state index in [0.717, 1.165) is 25.7 Å². The van der Waals surface area contributed by atoms with Gasteiger partial charge in [0, 0.05) is 18.5 Å². The van der Waals surface area contributed by atoms with Crippen LogP contribution in [0.1, 0.15) is 52.4 Å². The Morgan fingerprint density at radius 3 is 2.09 bits per heavy atom. The Labute approximate surface area is 138 Å². The van der Waals surface area contributed by atoms with Gasteiger partial charge >= 0.3 is 5.97 Å². The fraction of sp³-hybridized carbons (Fsp3) is 0.529. The number of rotatable bonds is 11. The molecule has 0 aliphatic carbocycles. The molecule has 0 radical (unpaired) electrons. The molecule has 0 unspecified atom stereocenters. The van der Waals surface area contributed by atoms with Crippen molar-refractivity contribution in [3.8, 4) is 0 Å². The van der Waals surface area contributed by atoms with E-state index in [2.05, 4.69) is 18.5 Å². The molecule has 23 heavy (non-hydrogen) atoms. The SMILES string of the molecule is C=C(/C=C(/N)C(=C)O)C(=O)NCCCCCCCC(=O)O.CC. The van der Waals surface area contributed by atoms with Crippen LogP contribution in [0, 0.1) is 0 Å². The molecule has 1 amide bonds. The van der Waals surface area contributed by atoms with Crippen LogP contribution in [0.15, 0.2) is 36.3 Å². The average molecular weight is 326 g/mol. The average Bonchev–Trinajstić information content (AvgIpc) is 2.51. The first-order valence-corrected chi connectivity index (χ1v) is 7.89. The van der Waals surface area contributed by atoms with Crippen molar-refractivity contribution in [3.63, 3.8) is 0 Å². The number of hydrogen-bond acceptors (Lipinski definition) is 4. The molecule has 0 saturated carbocycles. The topological polar surface area (TPSA) is 113 Å². The fourth-order valence-electron chi connectivity index (χ4n) is 1.58. The molecule has 0 aliphatic heterocycles. The number of aliphatic carboxylic acids is 1. The van der Waals surface area contributed by atoms with Gasteiger partial charge in [-0.3, -0.25) is 9.59 Å². The number of unbranched alkanes of at least 4 members (excludes halogenated alkanes) is 4. The normalized spacial score (nSPS) is 10.3. The van der Waals surface area contributed by atoms with Gasteiger partial charge in [-0.2, -0.15) is 0 Å². The van der Waals surface area contributed by atoms with E-state index in [1.54, 1.807) is 0 Å². The molecule has 6 heteroatoms. The summed E-state index contributed by atoms with van der Waals surface area (Å²) in [7, 11) is 0. The Bertz CT molecular complexity index is 428. The summed E-state index contributed by atoms with van der Waals surface area (Å²) >= 11 is 0. The molecule has 6 nitrogen and oxygen atoms in total. The van der Waals surface area contributed by atoms with E-state index in [9.17, 15) is 9.59 Å². The largest absolute Gasteiger partial charge is 0.506 e. The minimum absolute atomic E-state index is 0.00794. The predicted molar refractivity (Wildman–Crippen MR) is 92.9 cm³/mol. The minimum atomic E-state index is -0.765. The Hall–Kier alpha value is -2.24. The van der Waals surface area contributed by atoms with E-state index >= 15 is 0 Å². The maximum Gasteiger partial charge on any atom is 0.303 e. The predicted octanol–water partition coefficient (Wildman–Crippen LogP) is 3.02. The van der Waals surface area contributed by atoms with E-state index in [0.29, 0.717) is 13.0 Å². The smallest absolute Gasteiger partial charge is 0.303 e. The quantitative estimate of drug-likeness (QED) is 0.202. The summed E-state index contributed by atoms with van der Waals surface area (Å²) in [6.07, 6.45) is 5.74. The van der Waals surface area contributed by atoms with Crippen LogP contribution in [0.5, 0.6) is 0 Å². The molecule has 0 heterocycles. The van der Waals surface area contributed by atoms with Gasteiger partial charge in [0.05, 0.1) is 5.70 Å². The number of carboxylic acid groups (broad SMARTS) is 1. The number of carboxylic acids is 1. The summed E-state index contributed by atoms with van der Waals surface area (Å²) < 4.78 is 0. The standard InChI is InChI=1S/C15H24N2O4.C2H6/c1-11(10-13(16)12(2)18)15(21)17-9-7-5-3-4-6-8-14(19)20;1-2/h10,18H,1-9,16H2,(H,17,21)(H,19,20);1-2H3/b13-10+;. The van der Waals surface area contributed by atoms with Crippen LogP contribution in [0.4, 0.5) is 0 Å². The van der Waals surface area contributed by atoms with Crippen molar-refractivity contribution in [1.29, 1.82) is 0 Å². The van der Waals surface area contributed by atoms with E-state index < -0.39 is 5.97 Å². The highest BCUT2D eigenvalue weighted by Gasteiger charge is 2.05. The maximum absolute atomic E-state index is 11.6. The van der Waals surface area contributed by atoms with Crippen molar-refractivity contribution in [2.45, 2.75) is 52.4 Å². The molecule has 0 atom stereocenters. The van der Waals surface area contributed by atoms with Crippen molar-refractivity contribution in [1.82, 2.24) is 5.32 Å². The third kappa shape index (κ3) is 14.5. The van der Waals surface area contributed by atoms with Crippen LogP contribution in [-0.4, -0.2) is 28.6 Å². The lowest BCUT2D eigenvalue weighted by Crippen LogP contribution is -2.25. The molecule has 0 aromatic carbocycles. The van der Waals surface area contributed by atoms with Gasteiger partial charge in [-0.15, -0.1) is 0 Å². The lowest BCUT2D eigenvalue weighted by molar-refractivity contribution is -0.137. The zero-order valence-corrected chi connectivity index (χ0v) is 14.2. The number of amides is 1. The summed E-state index contributed by atoms with van der Waals surface area (Å²) in [5.41, 5.74) is 5.59. The number of aliphatic hydroxyl groups excluding tert-OH is 1. The van der Waals surface area contributed by atoms with Crippen molar-refractivity contribution in [2.24, 2.45) is 5.73 Å². The number of nitrogens with two attached hydrogens (primary N) is 1. The molecule has 0 aromatic heterocycles. The lowest BCUT2D eigenvalue weighted by atomic mass is 10.1. The van der Waals surface area contributed by atoms with Gasteiger partial charge in [0.15, 0.2) is 0 Å². The summed E-state index contributed by atoms with van der Waals surface area (Å²) in [5.74, 6) is -1.41. The van der Waals surface area contributed by atoms with E-state index in [1.807, 2.05) is 13.8 Å². The second kappa shape index (κ2) is 14.7. The lowest BCUT2D eigenvalue weighted by Gasteiger charge is -2.06. The van der Waals surface area contributed by atoms with Crippen LogP contribution in [0.3, 0.4) is 0 Å². The van der Waals surface area contributed by atoms with Gasteiger partial charge < -0.3 is 21.3 Å². The van der Waals surface area contributed by atoms with Crippen molar-refractivity contribution in [2.75, 3.05) is 6.54 Å². The summed E-state index contributed by atoms with van der Waals surface area (Å²) in [6.45, 7) is 11.3. The van der Waals surface area contributed by atoms with Gasteiger partial charge in [-0.25, -0.2) is 0 Å². The van der Waals surface area contributed by atoms with Crippen molar-refractivity contribution >= 4 is 11.9 Å². The molecule has 0 aromatic rings. The summed E-state index contributed by atoms with van der Waals surface area (Å²) in [5, 5.41) is 20.2. The van der Waals surface area contributed by atoms with Gasteiger partial charge in [0.25, 0.3) is 5.91 Å². The molecule has 0 bridgehead atoms. The summed E-state index contributed by atoms with van der Waals surface area (Å²) in [4.78, 5) is 21.9. The highest BCUT2D eigenvalue weighted by molar-refractivity contribution is 5.95. The van der Waals surface area contributed by atoms with E-state index in [4.69, 9.17) is 15.9 Å². The second-order valence-electron chi connectivity index (χ2n) is 4.74. The van der Waals surface area contributed by atoms with Crippen LogP contribution in [0.25, 0.3) is 0 Å². The molecule has 0 spiro atoms. The number of aliphatic hydroxyl groups is 1. The first kappa shape index (κ1) is 23.0. The van der Waals surface area contributed by atoms with Gasteiger partial charge in [-0.05, 0) is 18.9 Å². The third-order valence-electron chi connectivity index (χ3n) is 2.81. The molecule has 0 saturated heterocycles. The first-order valence-electron chi connectivity index (χ1n) is 7.89. The van der Waals surface area contributed by atoms with E-state index in [-0.39, 0.29) is 29.4 Å². The molecular weight excluding hydrogens is 296 g/mol. The Balaban J connectivity index is 0. The zero-order valence-electron chi connectivity index (χ0n) is 14.2. The molecule has 0 aliphatic rings. The highest BCUT2D eigenvalue weighted by Crippen LogP contribution is 2.05. The van der Waals surface area contributed by atoms with Gasteiger partial charge in [0.2, 0.25) is 0 Å². The highest BCUT2D eigenvalue weighted by atomic mass is 16.4. The fourth-order valence-corrected chi connectivity index (χ4v) is 1.58. The van der Waals surface area contributed by atoms with Crippen LogP contribution >= 0.6 is 0 Å². The number of nitrogens with one attached hydrogen (secondary N) is 1. The van der Waals surface area contributed by atoms with Crippen molar-refractivity contribution in [3.05, 3.63) is 36.3 Å². The monoisotopic (exact) mass is 326 g/mol. The number of carbonyl (C=O) groups excluding carboxylic acids is 1. The number of hydrogen-bond donors (Lipinski definition) is 4. The van der Waals surface area contributed by atoms with Crippen LogP contribution in [0.2, 0.25) is 0 Å². The minimum Gasteiger partial charge on any atom is -0.506 e. The van der Waals surface area contributed by atoms with Crippen LogP contribution < -0.4 is 11.1 Å². The molecule has 0 fully saturated rings. The molecular formula is C17H30N2O4. The number of carbonyl (C=O) groups is 2. The first-order chi connectivity index (χ1) is 10.8. The zero-order chi connectivity index (χ0) is 18.3. The summed E-state index contributed by atoms with van der Waals surface area (Å²) in [6, 6.07) is 0. The van der Waals surface area contributed by atoms with Gasteiger partial charge in [0.1, 0.15) is 5.76 Å². The van der Waals surface area contributed by atoms with Crippen LogP contribution in [-0.2, 0) is 9.59 Å². The third-order valence-corrected chi connectivity index (χ3v) is 2.81. The maximum atomic E-state index is 11.6. The molecule has 0 rings (SSSR count). The molecule has 5 N–H and O–H groups in total. The molecule has 132 valence electrons. The van der Waals surface area contributed by atoms with Crippen molar-refractivity contribution < 1.29 is 19.8 Å². The Morgan fingerprint density at radius 2 is 1.57 bits per heavy atom.